The Hall–Kier alpha value is -1.61. The lowest BCUT2D eigenvalue weighted by molar-refractivity contribution is -0.162. The van der Waals surface area contributed by atoms with Gasteiger partial charge >= 0.3 is 0 Å². The molecule has 1 aliphatic rings. The first-order valence-corrected chi connectivity index (χ1v) is 5.09. The Kier molecular flexibility index (Phi) is 4.30. The summed E-state index contributed by atoms with van der Waals surface area (Å²) in [4.78, 5) is 34.0. The van der Waals surface area contributed by atoms with Crippen LogP contribution in [0.25, 0.3) is 0 Å². The lowest BCUT2D eigenvalue weighted by atomic mass is 10.0. The highest BCUT2D eigenvalue weighted by Crippen LogP contribution is 2.11. The molecular formula is C10H13NO7. The zero-order valence-corrected chi connectivity index (χ0v) is 9.42. The molecule has 0 fully saturated rings. The molecule has 0 bridgehead atoms. The zero-order valence-electron chi connectivity index (χ0n) is 9.42. The highest BCUT2D eigenvalue weighted by atomic mass is 16.4. The van der Waals surface area contributed by atoms with Crippen LogP contribution in [-0.2, 0) is 14.4 Å². The maximum atomic E-state index is 11.6. The largest absolute Gasteiger partial charge is 0.391 e. The van der Waals surface area contributed by atoms with Crippen molar-refractivity contribution in [3.05, 3.63) is 12.2 Å². The Morgan fingerprint density at radius 3 is 1.89 bits per heavy atom. The molecule has 0 saturated carbocycles. The second-order valence-electron chi connectivity index (χ2n) is 3.85. The number of nitrogens with zero attached hydrogens (tertiary/aromatic N) is 1. The Bertz CT molecular complexity index is 385. The summed E-state index contributed by atoms with van der Waals surface area (Å²) in [7, 11) is 0. The minimum atomic E-state index is -2.19. The molecule has 18 heavy (non-hydrogen) atoms. The molecule has 8 heteroatoms. The van der Waals surface area contributed by atoms with Gasteiger partial charge in [-0.25, -0.2) is 4.90 Å². The molecule has 0 aromatic heterocycles. The van der Waals surface area contributed by atoms with E-state index in [1.54, 1.807) is 0 Å². The number of aliphatic hydroxyl groups is 4. The fraction of sp³-hybridized carbons (Fsp3) is 0.500. The maximum Gasteiger partial charge on any atom is 0.268 e. The number of aliphatic hydroxyl groups excluding tert-OH is 4. The van der Waals surface area contributed by atoms with Crippen molar-refractivity contribution >= 4 is 17.7 Å². The second kappa shape index (κ2) is 5.36. The predicted molar refractivity (Wildman–Crippen MR) is 55.7 cm³/mol. The van der Waals surface area contributed by atoms with Gasteiger partial charge in [-0.2, -0.15) is 0 Å². The van der Waals surface area contributed by atoms with Crippen LogP contribution in [0.15, 0.2) is 12.2 Å². The zero-order chi connectivity index (χ0) is 14.0. The Morgan fingerprint density at radius 2 is 1.50 bits per heavy atom. The van der Waals surface area contributed by atoms with Gasteiger partial charge in [0.1, 0.15) is 12.2 Å². The first-order valence-electron chi connectivity index (χ1n) is 5.09. The van der Waals surface area contributed by atoms with Crippen LogP contribution in [0.3, 0.4) is 0 Å². The molecule has 0 radical (unpaired) electrons. The van der Waals surface area contributed by atoms with E-state index in [4.69, 9.17) is 5.11 Å². The number of imide groups is 3. The van der Waals surface area contributed by atoms with E-state index in [9.17, 15) is 29.7 Å². The average Bonchev–Trinajstić information content (AvgIpc) is 2.65. The van der Waals surface area contributed by atoms with E-state index in [1.165, 1.54) is 0 Å². The third kappa shape index (κ3) is 2.62. The molecule has 8 nitrogen and oxygen atoms in total. The first-order chi connectivity index (χ1) is 8.27. The van der Waals surface area contributed by atoms with Gasteiger partial charge in [0.15, 0.2) is 6.10 Å². The summed E-state index contributed by atoms with van der Waals surface area (Å²) in [6, 6.07) is 0. The van der Waals surface area contributed by atoms with Crippen LogP contribution in [-0.4, -0.2) is 67.5 Å². The molecule has 0 unspecified atom stereocenters. The Balaban J connectivity index is 2.79. The van der Waals surface area contributed by atoms with Crippen molar-refractivity contribution in [1.82, 2.24) is 4.90 Å². The average molecular weight is 259 g/mol. The van der Waals surface area contributed by atoms with Crippen molar-refractivity contribution in [3.8, 4) is 0 Å². The summed E-state index contributed by atoms with van der Waals surface area (Å²) < 4.78 is 0. The topological polar surface area (TPSA) is 135 Å². The SMILES string of the molecule is C[C@H](O)[C@H](O)[C@@H](O)[C@@H](O)C(=O)N1C(=O)C=CC1=O. The summed E-state index contributed by atoms with van der Waals surface area (Å²) in [5.41, 5.74) is 0. The van der Waals surface area contributed by atoms with Crippen molar-refractivity contribution in [2.45, 2.75) is 31.3 Å². The van der Waals surface area contributed by atoms with Crippen LogP contribution in [0.1, 0.15) is 6.92 Å². The summed E-state index contributed by atoms with van der Waals surface area (Å²) in [6.07, 6.45) is -5.72. The fourth-order valence-corrected chi connectivity index (χ4v) is 1.37. The van der Waals surface area contributed by atoms with Crippen molar-refractivity contribution in [3.63, 3.8) is 0 Å². The normalized spacial score (nSPS) is 21.9. The van der Waals surface area contributed by atoms with Gasteiger partial charge in [0.05, 0.1) is 6.10 Å². The van der Waals surface area contributed by atoms with E-state index in [1.807, 2.05) is 0 Å². The van der Waals surface area contributed by atoms with Crippen LogP contribution < -0.4 is 0 Å². The highest BCUT2D eigenvalue weighted by molar-refractivity contribution is 6.23. The van der Waals surface area contributed by atoms with Gasteiger partial charge in [0.2, 0.25) is 0 Å². The third-order valence-corrected chi connectivity index (χ3v) is 2.45. The van der Waals surface area contributed by atoms with E-state index >= 15 is 0 Å². The smallest absolute Gasteiger partial charge is 0.268 e. The number of amides is 3. The first kappa shape index (κ1) is 14.5. The lowest BCUT2D eigenvalue weighted by Crippen LogP contribution is -2.52. The molecule has 0 aliphatic carbocycles. The van der Waals surface area contributed by atoms with Gasteiger partial charge in [-0.3, -0.25) is 14.4 Å². The molecule has 4 N–H and O–H groups in total. The minimum absolute atomic E-state index is 0.142. The van der Waals surface area contributed by atoms with Crippen LogP contribution in [0.4, 0.5) is 0 Å². The summed E-state index contributed by atoms with van der Waals surface area (Å²) in [5, 5.41) is 37.1. The fourth-order valence-electron chi connectivity index (χ4n) is 1.37. The highest BCUT2D eigenvalue weighted by Gasteiger charge is 2.40. The predicted octanol–water partition coefficient (Wildman–Crippen LogP) is -3.10. The van der Waals surface area contributed by atoms with Crippen molar-refractivity contribution < 1.29 is 34.8 Å². The second-order valence-corrected chi connectivity index (χ2v) is 3.85. The molecule has 0 spiro atoms. The maximum absolute atomic E-state index is 11.6. The van der Waals surface area contributed by atoms with E-state index in [0.717, 1.165) is 19.1 Å². The van der Waals surface area contributed by atoms with Crippen molar-refractivity contribution in [1.29, 1.82) is 0 Å². The van der Waals surface area contributed by atoms with E-state index < -0.39 is 42.1 Å². The molecule has 1 aliphatic heterocycles. The Labute approximate surface area is 102 Å². The van der Waals surface area contributed by atoms with Gasteiger partial charge < -0.3 is 20.4 Å². The number of hydrogen-bond acceptors (Lipinski definition) is 7. The number of carbonyl (C=O) groups is 3. The summed E-state index contributed by atoms with van der Waals surface area (Å²) in [5.74, 6) is -3.24. The standard InChI is InChI=1S/C10H13NO7/c1-4(12)7(15)8(16)9(17)10(18)11-5(13)2-3-6(11)14/h2-4,7-9,12,15-17H,1H3/t4-,7-,8+,9+/m0/s1. The monoisotopic (exact) mass is 259 g/mol. The van der Waals surface area contributed by atoms with Gasteiger partial charge in [-0.1, -0.05) is 0 Å². The molecule has 3 amide bonds. The van der Waals surface area contributed by atoms with Gasteiger partial charge in [0, 0.05) is 12.2 Å². The third-order valence-electron chi connectivity index (χ3n) is 2.45. The molecule has 100 valence electrons. The van der Waals surface area contributed by atoms with Crippen LogP contribution in [0.2, 0.25) is 0 Å². The van der Waals surface area contributed by atoms with Crippen LogP contribution in [0.5, 0.6) is 0 Å². The summed E-state index contributed by atoms with van der Waals surface area (Å²) >= 11 is 0. The van der Waals surface area contributed by atoms with E-state index in [0.29, 0.717) is 0 Å². The minimum Gasteiger partial charge on any atom is -0.391 e. The van der Waals surface area contributed by atoms with E-state index in [2.05, 4.69) is 0 Å². The van der Waals surface area contributed by atoms with Gasteiger partial charge in [-0.05, 0) is 6.92 Å². The van der Waals surface area contributed by atoms with Crippen molar-refractivity contribution in [2.24, 2.45) is 0 Å². The van der Waals surface area contributed by atoms with Crippen molar-refractivity contribution in [2.75, 3.05) is 0 Å². The lowest BCUT2D eigenvalue weighted by Gasteiger charge is -2.25. The van der Waals surface area contributed by atoms with Gasteiger partial charge in [-0.15, -0.1) is 0 Å². The van der Waals surface area contributed by atoms with Crippen LogP contribution >= 0.6 is 0 Å². The van der Waals surface area contributed by atoms with Gasteiger partial charge in [0.25, 0.3) is 17.7 Å². The Morgan fingerprint density at radius 1 is 1.06 bits per heavy atom. The quantitative estimate of drug-likeness (QED) is 0.393. The summed E-state index contributed by atoms with van der Waals surface area (Å²) in [6.45, 7) is 1.14. The number of rotatable bonds is 4. The van der Waals surface area contributed by atoms with E-state index in [-0.39, 0.29) is 4.90 Å². The molecule has 1 rings (SSSR count). The molecule has 0 aromatic carbocycles. The number of hydrogen-bond donors (Lipinski definition) is 4. The van der Waals surface area contributed by atoms with Crippen LogP contribution in [0, 0.1) is 0 Å². The number of carbonyl (C=O) groups excluding carboxylic acids is 3. The molecular weight excluding hydrogens is 246 g/mol. The molecule has 0 saturated heterocycles. The molecule has 0 aromatic rings. The molecule has 4 atom stereocenters. The molecule has 1 heterocycles.